The van der Waals surface area contributed by atoms with Crippen LogP contribution in [0.2, 0.25) is 0 Å². The van der Waals surface area contributed by atoms with Crippen molar-refractivity contribution in [2.75, 3.05) is 0 Å². The van der Waals surface area contributed by atoms with Gasteiger partial charge in [0.05, 0.1) is 24.1 Å². The molecule has 0 bridgehead atoms. The average molecular weight is 437 g/mol. The van der Waals surface area contributed by atoms with Crippen LogP contribution in [-0.4, -0.2) is 15.3 Å². The van der Waals surface area contributed by atoms with Crippen LogP contribution < -0.4 is 0 Å². The van der Waals surface area contributed by atoms with Crippen molar-refractivity contribution in [2.24, 2.45) is 0 Å². The Hall–Kier alpha value is -2.11. The molecule has 1 unspecified atom stereocenters. The van der Waals surface area contributed by atoms with Crippen molar-refractivity contribution < 1.29 is 15.3 Å². The lowest BCUT2D eigenvalue weighted by Gasteiger charge is -2.26. The number of aliphatic hydroxyl groups is 3. The maximum atomic E-state index is 10.9. The smallest absolute Gasteiger partial charge is 0.0891 e. The standard InChI is InChI=1S/C27H32O3S/c1-4-27(30,5-2)24-11-12-25(18(3)13-24)19-7-6-8-20(14-19)26(31)21-9-10-22(16-28)23(15-21)17-29/h6-15,26,28-31H,4-5,16-17H2,1-3H3. The largest absolute Gasteiger partial charge is 0.392 e. The Morgan fingerprint density at radius 1 is 0.839 bits per heavy atom. The SMILES string of the molecule is CCC(O)(CC)c1ccc(-c2cccc(C(S)c3ccc(CO)c(CO)c3)c2)c(C)c1. The Morgan fingerprint density at radius 2 is 1.52 bits per heavy atom. The number of hydrogen-bond acceptors (Lipinski definition) is 4. The zero-order chi connectivity index (χ0) is 22.6. The fourth-order valence-electron chi connectivity index (χ4n) is 4.12. The van der Waals surface area contributed by atoms with Crippen LogP contribution in [-0.2, 0) is 18.8 Å². The molecule has 3 aromatic carbocycles. The van der Waals surface area contributed by atoms with E-state index < -0.39 is 5.60 Å². The summed E-state index contributed by atoms with van der Waals surface area (Å²) >= 11 is 4.85. The first-order valence-electron chi connectivity index (χ1n) is 10.8. The highest BCUT2D eigenvalue weighted by molar-refractivity contribution is 7.80. The molecule has 0 aliphatic heterocycles. The molecule has 164 valence electrons. The van der Waals surface area contributed by atoms with Gasteiger partial charge in [-0.3, -0.25) is 0 Å². The lowest BCUT2D eigenvalue weighted by molar-refractivity contribution is 0.0283. The molecule has 0 aromatic heterocycles. The van der Waals surface area contributed by atoms with Gasteiger partial charge in [-0.2, -0.15) is 12.6 Å². The summed E-state index contributed by atoms with van der Waals surface area (Å²) in [6, 6.07) is 20.2. The number of hydrogen-bond donors (Lipinski definition) is 4. The summed E-state index contributed by atoms with van der Waals surface area (Å²) in [4.78, 5) is 0. The van der Waals surface area contributed by atoms with Crippen LogP contribution >= 0.6 is 12.6 Å². The molecule has 3 N–H and O–H groups in total. The Labute approximate surface area is 190 Å². The van der Waals surface area contributed by atoms with Gasteiger partial charge < -0.3 is 15.3 Å². The predicted molar refractivity (Wildman–Crippen MR) is 130 cm³/mol. The molecule has 3 rings (SSSR count). The second-order valence-corrected chi connectivity index (χ2v) is 8.66. The van der Waals surface area contributed by atoms with Crippen LogP contribution in [0.3, 0.4) is 0 Å². The monoisotopic (exact) mass is 436 g/mol. The van der Waals surface area contributed by atoms with Crippen molar-refractivity contribution in [1.29, 1.82) is 0 Å². The molecule has 0 heterocycles. The molecule has 0 radical (unpaired) electrons. The molecule has 4 heteroatoms. The zero-order valence-corrected chi connectivity index (χ0v) is 19.4. The fraction of sp³-hybridized carbons (Fsp3) is 0.333. The quantitative estimate of drug-likeness (QED) is 0.344. The van der Waals surface area contributed by atoms with Gasteiger partial charge in [-0.15, -0.1) is 0 Å². The summed E-state index contributed by atoms with van der Waals surface area (Å²) in [7, 11) is 0. The number of aryl methyl sites for hydroxylation is 1. The summed E-state index contributed by atoms with van der Waals surface area (Å²) in [6.07, 6.45) is 1.37. The van der Waals surface area contributed by atoms with E-state index in [1.54, 1.807) is 0 Å². The number of benzene rings is 3. The van der Waals surface area contributed by atoms with Gasteiger partial charge in [0.2, 0.25) is 0 Å². The minimum atomic E-state index is -0.785. The molecule has 0 saturated heterocycles. The third-order valence-corrected chi connectivity index (χ3v) is 6.93. The molecule has 3 aromatic rings. The molecular formula is C27H32O3S. The van der Waals surface area contributed by atoms with Crippen LogP contribution in [0, 0.1) is 6.92 Å². The molecular weight excluding hydrogens is 404 g/mol. The predicted octanol–water partition coefficient (Wildman–Crippen LogP) is 5.67. The number of aliphatic hydroxyl groups excluding tert-OH is 2. The van der Waals surface area contributed by atoms with Gasteiger partial charge in [-0.05, 0) is 70.3 Å². The molecule has 0 aliphatic carbocycles. The molecule has 0 fully saturated rings. The van der Waals surface area contributed by atoms with Gasteiger partial charge in [0.25, 0.3) is 0 Å². The molecule has 3 nitrogen and oxygen atoms in total. The lowest BCUT2D eigenvalue weighted by Crippen LogP contribution is -2.23. The van der Waals surface area contributed by atoms with Gasteiger partial charge in [0.1, 0.15) is 0 Å². The third-order valence-electron chi connectivity index (χ3n) is 6.33. The second-order valence-electron chi connectivity index (χ2n) is 8.14. The van der Waals surface area contributed by atoms with Gasteiger partial charge in [-0.1, -0.05) is 68.4 Å². The summed E-state index contributed by atoms with van der Waals surface area (Å²) in [5.41, 5.74) is 7.03. The van der Waals surface area contributed by atoms with Crippen molar-refractivity contribution >= 4 is 12.6 Å². The van der Waals surface area contributed by atoms with Crippen molar-refractivity contribution in [3.63, 3.8) is 0 Å². The van der Waals surface area contributed by atoms with Gasteiger partial charge in [0, 0.05) is 0 Å². The topological polar surface area (TPSA) is 60.7 Å². The van der Waals surface area contributed by atoms with E-state index in [1.165, 1.54) is 0 Å². The number of rotatable bonds is 8. The van der Waals surface area contributed by atoms with Crippen LogP contribution in [0.1, 0.15) is 65.3 Å². The van der Waals surface area contributed by atoms with Crippen molar-refractivity contribution in [3.8, 4) is 11.1 Å². The highest BCUT2D eigenvalue weighted by atomic mass is 32.1. The van der Waals surface area contributed by atoms with E-state index in [2.05, 4.69) is 37.3 Å². The number of thiol groups is 1. The molecule has 0 saturated carbocycles. The molecule has 0 spiro atoms. The molecule has 0 aliphatic rings. The van der Waals surface area contributed by atoms with E-state index in [1.807, 2.05) is 44.2 Å². The maximum absolute atomic E-state index is 10.9. The Bertz CT molecular complexity index is 1040. The second kappa shape index (κ2) is 10.0. The van der Waals surface area contributed by atoms with Crippen molar-refractivity contribution in [2.45, 2.75) is 57.7 Å². The van der Waals surface area contributed by atoms with Crippen LogP contribution in [0.15, 0.2) is 60.7 Å². The molecule has 0 amide bonds. The maximum Gasteiger partial charge on any atom is 0.0891 e. The summed E-state index contributed by atoms with van der Waals surface area (Å²) in [5, 5.41) is 29.8. The van der Waals surface area contributed by atoms with Crippen molar-refractivity contribution in [3.05, 3.63) is 94.0 Å². The minimum Gasteiger partial charge on any atom is -0.392 e. The highest BCUT2D eigenvalue weighted by Gasteiger charge is 2.25. The minimum absolute atomic E-state index is 0.0939. The highest BCUT2D eigenvalue weighted by Crippen LogP contribution is 2.35. The van der Waals surface area contributed by atoms with Crippen LogP contribution in [0.25, 0.3) is 11.1 Å². The average Bonchev–Trinajstić information content (AvgIpc) is 2.82. The molecule has 31 heavy (non-hydrogen) atoms. The Balaban J connectivity index is 1.95. The van der Waals surface area contributed by atoms with E-state index in [4.69, 9.17) is 12.6 Å². The van der Waals surface area contributed by atoms with Gasteiger partial charge in [-0.25, -0.2) is 0 Å². The molecule has 1 atom stereocenters. The zero-order valence-electron chi connectivity index (χ0n) is 18.5. The van der Waals surface area contributed by atoms with Crippen molar-refractivity contribution in [1.82, 2.24) is 0 Å². The normalized spacial score (nSPS) is 12.7. The first kappa shape index (κ1) is 23.6. The van der Waals surface area contributed by atoms with E-state index in [-0.39, 0.29) is 18.5 Å². The first-order chi connectivity index (χ1) is 14.9. The summed E-state index contributed by atoms with van der Waals surface area (Å²) < 4.78 is 0. The summed E-state index contributed by atoms with van der Waals surface area (Å²) in [5.74, 6) is 0. The van der Waals surface area contributed by atoms with Gasteiger partial charge >= 0.3 is 0 Å². The van der Waals surface area contributed by atoms with Crippen LogP contribution in [0.4, 0.5) is 0 Å². The van der Waals surface area contributed by atoms with E-state index in [0.29, 0.717) is 12.8 Å². The van der Waals surface area contributed by atoms with E-state index >= 15 is 0 Å². The van der Waals surface area contributed by atoms with E-state index in [9.17, 15) is 15.3 Å². The summed E-state index contributed by atoms with van der Waals surface area (Å²) in [6.45, 7) is 5.90. The fourth-order valence-corrected chi connectivity index (χ4v) is 4.44. The Morgan fingerprint density at radius 3 is 2.13 bits per heavy atom. The van der Waals surface area contributed by atoms with Gasteiger partial charge in [0.15, 0.2) is 0 Å². The Kier molecular flexibility index (Phi) is 7.60. The van der Waals surface area contributed by atoms with Crippen LogP contribution in [0.5, 0.6) is 0 Å². The first-order valence-corrected chi connectivity index (χ1v) is 11.3. The third kappa shape index (κ3) is 4.88. The lowest BCUT2D eigenvalue weighted by atomic mass is 9.86. The van der Waals surface area contributed by atoms with E-state index in [0.717, 1.165) is 44.5 Å².